The molecule has 1 aliphatic heterocycles. The van der Waals surface area contributed by atoms with Gasteiger partial charge in [-0.25, -0.2) is 4.39 Å². The summed E-state index contributed by atoms with van der Waals surface area (Å²) in [6.45, 7) is 3.60. The minimum Gasteiger partial charge on any atom is -0.302 e. The van der Waals surface area contributed by atoms with Crippen molar-refractivity contribution < 1.29 is 4.39 Å². The van der Waals surface area contributed by atoms with Gasteiger partial charge in [-0.1, -0.05) is 24.3 Å². The van der Waals surface area contributed by atoms with Crippen LogP contribution in [-0.4, -0.2) is 24.5 Å². The highest BCUT2D eigenvalue weighted by Gasteiger charge is 2.32. The van der Waals surface area contributed by atoms with E-state index >= 15 is 0 Å². The van der Waals surface area contributed by atoms with Gasteiger partial charge < -0.3 is 4.90 Å². The predicted molar refractivity (Wildman–Crippen MR) is 71.9 cm³/mol. The van der Waals surface area contributed by atoms with Crippen molar-refractivity contribution in [3.05, 3.63) is 47.8 Å². The Hall–Kier alpha value is -1.15. The molecule has 1 aromatic carbocycles. The molecule has 0 N–H and O–H groups in total. The summed E-state index contributed by atoms with van der Waals surface area (Å²) in [5, 5.41) is 0. The van der Waals surface area contributed by atoms with Crippen LogP contribution >= 0.6 is 0 Å². The molecule has 2 aliphatic rings. The molecule has 1 saturated heterocycles. The Morgan fingerprint density at radius 1 is 1.00 bits per heavy atom. The predicted octanol–water partition coefficient (Wildman–Crippen LogP) is 3.27. The molecule has 0 amide bonds. The van der Waals surface area contributed by atoms with Crippen molar-refractivity contribution in [2.75, 3.05) is 19.6 Å². The number of likely N-dealkylation sites (tertiary alicyclic amines) is 1. The summed E-state index contributed by atoms with van der Waals surface area (Å²) in [5.41, 5.74) is 1.24. The van der Waals surface area contributed by atoms with Crippen LogP contribution in [0.5, 0.6) is 0 Å². The Kier molecular flexibility index (Phi) is 3.46. The lowest BCUT2D eigenvalue weighted by molar-refractivity contribution is 0.326. The molecule has 0 saturated carbocycles. The summed E-state index contributed by atoms with van der Waals surface area (Å²) in [6, 6.07) is 6.92. The highest BCUT2D eigenvalue weighted by molar-refractivity contribution is 5.16. The number of benzene rings is 1. The summed E-state index contributed by atoms with van der Waals surface area (Å²) in [6.07, 6.45) is 8.23. The molecule has 2 atom stereocenters. The first-order chi connectivity index (χ1) is 8.81. The first kappa shape index (κ1) is 11.9. The smallest absolute Gasteiger partial charge is 0.123 e. The van der Waals surface area contributed by atoms with Gasteiger partial charge in [0.1, 0.15) is 5.82 Å². The number of allylic oxidation sites excluding steroid dienone is 2. The van der Waals surface area contributed by atoms with Crippen molar-refractivity contribution in [2.45, 2.75) is 19.3 Å². The molecule has 1 aliphatic carbocycles. The fourth-order valence-corrected chi connectivity index (χ4v) is 3.23. The maximum Gasteiger partial charge on any atom is 0.123 e. The van der Waals surface area contributed by atoms with E-state index in [9.17, 15) is 4.39 Å². The van der Waals surface area contributed by atoms with E-state index in [4.69, 9.17) is 0 Å². The molecule has 1 heterocycles. The SMILES string of the molecule is Fc1ccc(CCN2C[C@H]3CC=CC[C@H]3C2)cc1. The molecule has 0 aromatic heterocycles. The summed E-state index contributed by atoms with van der Waals surface area (Å²) >= 11 is 0. The highest BCUT2D eigenvalue weighted by atomic mass is 19.1. The Morgan fingerprint density at radius 3 is 2.22 bits per heavy atom. The molecule has 2 heteroatoms. The van der Waals surface area contributed by atoms with E-state index in [2.05, 4.69) is 17.1 Å². The zero-order chi connectivity index (χ0) is 12.4. The van der Waals surface area contributed by atoms with E-state index in [0.29, 0.717) is 0 Å². The first-order valence-electron chi connectivity index (χ1n) is 6.93. The van der Waals surface area contributed by atoms with E-state index in [1.54, 1.807) is 12.1 Å². The Morgan fingerprint density at radius 2 is 1.61 bits per heavy atom. The molecule has 0 bridgehead atoms. The molecule has 1 aromatic rings. The number of halogens is 1. The largest absolute Gasteiger partial charge is 0.302 e. The lowest BCUT2D eigenvalue weighted by atomic mass is 9.86. The summed E-state index contributed by atoms with van der Waals surface area (Å²) < 4.78 is 12.8. The Labute approximate surface area is 108 Å². The van der Waals surface area contributed by atoms with E-state index in [1.165, 1.54) is 31.5 Å². The van der Waals surface area contributed by atoms with Crippen LogP contribution in [0.4, 0.5) is 4.39 Å². The van der Waals surface area contributed by atoms with Crippen molar-refractivity contribution in [1.29, 1.82) is 0 Å². The first-order valence-corrected chi connectivity index (χ1v) is 6.93. The van der Waals surface area contributed by atoms with Crippen LogP contribution in [-0.2, 0) is 6.42 Å². The van der Waals surface area contributed by atoms with Gasteiger partial charge in [0.2, 0.25) is 0 Å². The van der Waals surface area contributed by atoms with Crippen LogP contribution in [0.15, 0.2) is 36.4 Å². The number of rotatable bonds is 3. The molecule has 1 nitrogen and oxygen atoms in total. The molecule has 1 fully saturated rings. The van der Waals surface area contributed by atoms with Crippen molar-refractivity contribution in [3.8, 4) is 0 Å². The molecule has 96 valence electrons. The summed E-state index contributed by atoms with van der Waals surface area (Å²) in [7, 11) is 0. The Balaban J connectivity index is 1.51. The number of fused-ring (bicyclic) bond motifs is 1. The lowest BCUT2D eigenvalue weighted by Gasteiger charge is -2.18. The van der Waals surface area contributed by atoms with Gasteiger partial charge in [0, 0.05) is 19.6 Å². The highest BCUT2D eigenvalue weighted by Crippen LogP contribution is 2.32. The molecular formula is C16H20FN. The van der Waals surface area contributed by atoms with E-state index in [0.717, 1.165) is 24.8 Å². The second-order valence-corrected chi connectivity index (χ2v) is 5.60. The third kappa shape index (κ3) is 2.64. The maximum atomic E-state index is 12.8. The fraction of sp³-hybridized carbons (Fsp3) is 0.500. The van der Waals surface area contributed by atoms with Crippen LogP contribution in [0.3, 0.4) is 0 Å². The van der Waals surface area contributed by atoms with Crippen LogP contribution in [0, 0.1) is 17.7 Å². The lowest BCUT2D eigenvalue weighted by Crippen LogP contribution is -2.23. The topological polar surface area (TPSA) is 3.24 Å². The van der Waals surface area contributed by atoms with Gasteiger partial charge in [-0.15, -0.1) is 0 Å². The zero-order valence-corrected chi connectivity index (χ0v) is 10.7. The quantitative estimate of drug-likeness (QED) is 0.739. The van der Waals surface area contributed by atoms with Crippen molar-refractivity contribution >= 4 is 0 Å². The molecule has 0 radical (unpaired) electrons. The minimum absolute atomic E-state index is 0.142. The van der Waals surface area contributed by atoms with Gasteiger partial charge >= 0.3 is 0 Å². The van der Waals surface area contributed by atoms with E-state index < -0.39 is 0 Å². The molecule has 0 spiro atoms. The van der Waals surface area contributed by atoms with Crippen molar-refractivity contribution in [1.82, 2.24) is 4.90 Å². The monoisotopic (exact) mass is 245 g/mol. The van der Waals surface area contributed by atoms with Gasteiger partial charge in [0.15, 0.2) is 0 Å². The summed E-state index contributed by atoms with van der Waals surface area (Å²) in [4.78, 5) is 2.58. The van der Waals surface area contributed by atoms with E-state index in [-0.39, 0.29) is 5.82 Å². The van der Waals surface area contributed by atoms with Crippen LogP contribution < -0.4 is 0 Å². The molecule has 3 rings (SSSR count). The van der Waals surface area contributed by atoms with E-state index in [1.807, 2.05) is 12.1 Å². The van der Waals surface area contributed by atoms with Gasteiger partial charge in [0.25, 0.3) is 0 Å². The Bertz CT molecular complexity index is 407. The minimum atomic E-state index is -0.142. The van der Waals surface area contributed by atoms with Gasteiger partial charge in [0.05, 0.1) is 0 Å². The standard InChI is InChI=1S/C16H20FN/c17-16-7-5-13(6-8-16)9-10-18-11-14-3-1-2-4-15(14)12-18/h1-2,5-8,14-15H,3-4,9-12H2/t14-,15+. The second-order valence-electron chi connectivity index (χ2n) is 5.60. The number of hydrogen-bond donors (Lipinski definition) is 0. The van der Waals surface area contributed by atoms with Crippen molar-refractivity contribution in [2.24, 2.45) is 11.8 Å². The van der Waals surface area contributed by atoms with Crippen LogP contribution in [0.25, 0.3) is 0 Å². The second kappa shape index (κ2) is 5.23. The van der Waals surface area contributed by atoms with Gasteiger partial charge in [-0.05, 0) is 48.8 Å². The fourth-order valence-electron chi connectivity index (χ4n) is 3.23. The maximum absolute atomic E-state index is 12.8. The zero-order valence-electron chi connectivity index (χ0n) is 10.7. The normalized spacial score (nSPS) is 27.4. The third-order valence-electron chi connectivity index (χ3n) is 4.33. The van der Waals surface area contributed by atoms with Crippen LogP contribution in [0.1, 0.15) is 18.4 Å². The molecular weight excluding hydrogens is 225 g/mol. The van der Waals surface area contributed by atoms with Gasteiger partial charge in [-0.2, -0.15) is 0 Å². The average molecular weight is 245 g/mol. The number of hydrogen-bond acceptors (Lipinski definition) is 1. The van der Waals surface area contributed by atoms with Crippen molar-refractivity contribution in [3.63, 3.8) is 0 Å². The van der Waals surface area contributed by atoms with Gasteiger partial charge in [-0.3, -0.25) is 0 Å². The third-order valence-corrected chi connectivity index (χ3v) is 4.33. The summed E-state index contributed by atoms with van der Waals surface area (Å²) in [5.74, 6) is 1.61. The average Bonchev–Trinajstić information content (AvgIpc) is 2.81. The molecule has 18 heavy (non-hydrogen) atoms. The van der Waals surface area contributed by atoms with Crippen LogP contribution in [0.2, 0.25) is 0 Å². The molecule has 0 unspecified atom stereocenters. The number of nitrogens with zero attached hydrogens (tertiary/aromatic N) is 1.